The Labute approximate surface area is 209 Å². The summed E-state index contributed by atoms with van der Waals surface area (Å²) in [5.41, 5.74) is 4.03. The SMILES string of the molecule is [C-]#[N+]c1ccc(Oc2ccc(C)c(NC(=O)Nc3cc(Oc4ccc(C#N)cc4)ccc3C)c2)cc1. The first-order valence-electron chi connectivity index (χ1n) is 11.1. The number of anilines is 2. The molecule has 0 radical (unpaired) electrons. The van der Waals surface area contributed by atoms with Gasteiger partial charge in [-0.2, -0.15) is 5.26 Å². The Bertz CT molecular complexity index is 1370. The minimum Gasteiger partial charge on any atom is -0.457 e. The average molecular weight is 475 g/mol. The molecule has 0 saturated carbocycles. The smallest absolute Gasteiger partial charge is 0.323 e. The molecule has 0 aliphatic heterocycles. The van der Waals surface area contributed by atoms with Crippen molar-refractivity contribution in [3.05, 3.63) is 113 Å². The highest BCUT2D eigenvalue weighted by molar-refractivity contribution is 6.00. The summed E-state index contributed by atoms with van der Waals surface area (Å²) in [5.74, 6) is 2.29. The van der Waals surface area contributed by atoms with Gasteiger partial charge in [-0.3, -0.25) is 0 Å². The van der Waals surface area contributed by atoms with E-state index < -0.39 is 6.03 Å². The Balaban J connectivity index is 1.44. The molecule has 4 aromatic rings. The lowest BCUT2D eigenvalue weighted by Crippen LogP contribution is -2.20. The molecule has 0 atom stereocenters. The molecule has 0 aliphatic rings. The molecule has 7 heteroatoms. The van der Waals surface area contributed by atoms with Crippen LogP contribution in [-0.4, -0.2) is 6.03 Å². The van der Waals surface area contributed by atoms with Gasteiger partial charge in [0.05, 0.1) is 18.2 Å². The Hall–Kier alpha value is -5.27. The molecule has 0 saturated heterocycles. The van der Waals surface area contributed by atoms with Crippen LogP contribution in [-0.2, 0) is 0 Å². The van der Waals surface area contributed by atoms with Crippen molar-refractivity contribution < 1.29 is 14.3 Å². The van der Waals surface area contributed by atoms with Gasteiger partial charge in [0.15, 0.2) is 5.69 Å². The molecule has 0 spiro atoms. The molecule has 0 unspecified atom stereocenters. The van der Waals surface area contributed by atoms with E-state index in [-0.39, 0.29) is 0 Å². The summed E-state index contributed by atoms with van der Waals surface area (Å²) < 4.78 is 11.7. The van der Waals surface area contributed by atoms with Crippen molar-refractivity contribution in [3.63, 3.8) is 0 Å². The third-order valence-corrected chi connectivity index (χ3v) is 5.34. The van der Waals surface area contributed by atoms with Gasteiger partial charge in [-0.05, 0) is 73.5 Å². The van der Waals surface area contributed by atoms with Crippen LogP contribution in [0, 0.1) is 31.8 Å². The van der Waals surface area contributed by atoms with E-state index >= 15 is 0 Å². The van der Waals surface area contributed by atoms with Crippen LogP contribution in [0.1, 0.15) is 16.7 Å². The lowest BCUT2D eigenvalue weighted by atomic mass is 10.2. The molecule has 36 heavy (non-hydrogen) atoms. The molecule has 0 aliphatic carbocycles. The van der Waals surface area contributed by atoms with E-state index in [1.54, 1.807) is 60.7 Å². The molecule has 2 amide bonds. The summed E-state index contributed by atoms with van der Waals surface area (Å²) in [6, 6.07) is 26.1. The Morgan fingerprint density at radius 2 is 1.19 bits per heavy atom. The third-order valence-electron chi connectivity index (χ3n) is 5.34. The predicted molar refractivity (Wildman–Crippen MR) is 139 cm³/mol. The molecule has 2 N–H and O–H groups in total. The van der Waals surface area contributed by atoms with Crippen molar-refractivity contribution in [2.24, 2.45) is 0 Å². The van der Waals surface area contributed by atoms with Crippen molar-refractivity contribution in [1.82, 2.24) is 0 Å². The second kappa shape index (κ2) is 10.8. The number of nitriles is 1. The third kappa shape index (κ3) is 5.99. The van der Waals surface area contributed by atoms with Gasteiger partial charge in [-0.15, -0.1) is 0 Å². The number of carbonyl (C=O) groups is 1. The second-order valence-corrected chi connectivity index (χ2v) is 7.98. The van der Waals surface area contributed by atoms with Crippen LogP contribution in [0.25, 0.3) is 4.85 Å². The topological polar surface area (TPSA) is 87.7 Å². The Morgan fingerprint density at radius 3 is 1.64 bits per heavy atom. The van der Waals surface area contributed by atoms with Gasteiger partial charge in [0.25, 0.3) is 0 Å². The standard InChI is InChI=1S/C29H22N4O3/c1-19-4-10-25(35-23-12-6-21(18-30)7-13-23)16-27(19)32-29(34)33-28-17-26(11-5-20(28)2)36-24-14-8-22(31-3)9-15-24/h4-17H,1-2H3,(H2,32,33,34). The minimum atomic E-state index is -0.407. The number of benzene rings is 4. The van der Waals surface area contributed by atoms with Gasteiger partial charge in [0.1, 0.15) is 23.0 Å². The molecule has 0 bridgehead atoms. The van der Waals surface area contributed by atoms with Gasteiger partial charge in [-0.25, -0.2) is 9.64 Å². The van der Waals surface area contributed by atoms with Crippen LogP contribution in [0.4, 0.5) is 21.9 Å². The van der Waals surface area contributed by atoms with E-state index in [1.165, 1.54) is 0 Å². The first kappa shape index (κ1) is 23.9. The minimum absolute atomic E-state index is 0.407. The Kier molecular flexibility index (Phi) is 7.14. The summed E-state index contributed by atoms with van der Waals surface area (Å²) >= 11 is 0. The van der Waals surface area contributed by atoms with E-state index in [2.05, 4.69) is 21.5 Å². The highest BCUT2D eigenvalue weighted by Gasteiger charge is 2.10. The maximum absolute atomic E-state index is 12.8. The lowest BCUT2D eigenvalue weighted by molar-refractivity contribution is 0.262. The number of hydrogen-bond acceptors (Lipinski definition) is 4. The van der Waals surface area contributed by atoms with E-state index in [4.69, 9.17) is 21.3 Å². The number of ether oxygens (including phenoxy) is 2. The van der Waals surface area contributed by atoms with Crippen molar-refractivity contribution >= 4 is 23.1 Å². The monoisotopic (exact) mass is 474 g/mol. The molecule has 0 fully saturated rings. The quantitative estimate of drug-likeness (QED) is 0.278. The van der Waals surface area contributed by atoms with E-state index in [0.29, 0.717) is 45.6 Å². The van der Waals surface area contributed by atoms with Crippen LogP contribution < -0.4 is 20.1 Å². The second-order valence-electron chi connectivity index (χ2n) is 7.98. The van der Waals surface area contributed by atoms with Crippen LogP contribution in [0.2, 0.25) is 0 Å². The predicted octanol–water partition coefficient (Wildman–Crippen LogP) is 7.95. The summed E-state index contributed by atoms with van der Waals surface area (Å²) in [6.07, 6.45) is 0. The molecular weight excluding hydrogens is 452 g/mol. The summed E-state index contributed by atoms with van der Waals surface area (Å²) in [4.78, 5) is 16.2. The van der Waals surface area contributed by atoms with E-state index in [9.17, 15) is 4.79 Å². The molecular formula is C29H22N4O3. The maximum atomic E-state index is 12.8. The van der Waals surface area contributed by atoms with Gasteiger partial charge in [0.2, 0.25) is 0 Å². The molecule has 4 aromatic carbocycles. The number of rotatable bonds is 6. The zero-order valence-electron chi connectivity index (χ0n) is 19.7. The van der Waals surface area contributed by atoms with Crippen LogP contribution >= 0.6 is 0 Å². The number of amides is 2. The van der Waals surface area contributed by atoms with Crippen LogP contribution in [0.3, 0.4) is 0 Å². The summed E-state index contributed by atoms with van der Waals surface area (Å²) in [5, 5.41) is 14.7. The molecule has 176 valence electrons. The van der Waals surface area contributed by atoms with Crippen LogP contribution in [0.15, 0.2) is 84.9 Å². The van der Waals surface area contributed by atoms with Gasteiger partial charge < -0.3 is 20.1 Å². The average Bonchev–Trinajstić information content (AvgIpc) is 2.89. The fraction of sp³-hybridized carbons (Fsp3) is 0.0690. The van der Waals surface area contributed by atoms with Crippen molar-refractivity contribution in [2.45, 2.75) is 13.8 Å². The van der Waals surface area contributed by atoms with Gasteiger partial charge in [-0.1, -0.05) is 24.3 Å². The fourth-order valence-corrected chi connectivity index (χ4v) is 3.33. The van der Waals surface area contributed by atoms with Crippen molar-refractivity contribution in [3.8, 4) is 29.1 Å². The first-order chi connectivity index (χ1) is 17.4. The molecule has 4 rings (SSSR count). The fourth-order valence-electron chi connectivity index (χ4n) is 3.33. The summed E-state index contributed by atoms with van der Waals surface area (Å²) in [7, 11) is 0. The Morgan fingerprint density at radius 1 is 0.750 bits per heavy atom. The lowest BCUT2D eigenvalue weighted by Gasteiger charge is -2.14. The molecule has 0 aromatic heterocycles. The van der Waals surface area contributed by atoms with Gasteiger partial charge in [0, 0.05) is 23.5 Å². The van der Waals surface area contributed by atoms with Crippen molar-refractivity contribution in [1.29, 1.82) is 5.26 Å². The zero-order valence-corrected chi connectivity index (χ0v) is 19.7. The van der Waals surface area contributed by atoms with E-state index in [1.807, 2.05) is 38.1 Å². The number of carbonyl (C=O) groups excluding carboxylic acids is 1. The molecule has 0 heterocycles. The zero-order chi connectivity index (χ0) is 25.5. The highest BCUT2D eigenvalue weighted by atomic mass is 16.5. The van der Waals surface area contributed by atoms with Crippen LogP contribution in [0.5, 0.6) is 23.0 Å². The molecule has 7 nitrogen and oxygen atoms in total. The number of nitrogens with one attached hydrogen (secondary N) is 2. The summed E-state index contributed by atoms with van der Waals surface area (Å²) in [6.45, 7) is 10.8. The van der Waals surface area contributed by atoms with Gasteiger partial charge >= 0.3 is 6.03 Å². The largest absolute Gasteiger partial charge is 0.457 e. The highest BCUT2D eigenvalue weighted by Crippen LogP contribution is 2.29. The normalized spacial score (nSPS) is 10.0. The number of hydrogen-bond donors (Lipinski definition) is 2. The number of aryl methyl sites for hydroxylation is 2. The van der Waals surface area contributed by atoms with Crippen molar-refractivity contribution in [2.75, 3.05) is 10.6 Å². The number of urea groups is 1. The maximum Gasteiger partial charge on any atom is 0.323 e. The first-order valence-corrected chi connectivity index (χ1v) is 11.1. The van der Waals surface area contributed by atoms with E-state index in [0.717, 1.165) is 11.1 Å². The number of nitrogens with zero attached hydrogens (tertiary/aromatic N) is 2.